The van der Waals surface area contributed by atoms with Crippen molar-refractivity contribution in [2.75, 3.05) is 0 Å². The van der Waals surface area contributed by atoms with E-state index in [-0.39, 0.29) is 5.38 Å². The lowest BCUT2D eigenvalue weighted by Crippen LogP contribution is -2.05. The molecule has 92 valence electrons. The summed E-state index contributed by atoms with van der Waals surface area (Å²) in [5.74, 6) is 0.646. The van der Waals surface area contributed by atoms with Crippen LogP contribution >= 0.6 is 23.2 Å². The molecule has 0 spiro atoms. The Morgan fingerprint density at radius 3 is 2.44 bits per heavy atom. The summed E-state index contributed by atoms with van der Waals surface area (Å²) in [7, 11) is 1.87. The SMILES string of the molecule is Cc1nn(C)c(Cl)c1CCC(Cl)CC(C)C. The second-order valence-corrected chi connectivity index (χ2v) is 5.72. The highest BCUT2D eigenvalue weighted by molar-refractivity contribution is 6.30. The minimum atomic E-state index is 0.232. The first-order chi connectivity index (χ1) is 7.41. The summed E-state index contributed by atoms with van der Waals surface area (Å²) >= 11 is 12.4. The molecule has 1 atom stereocenters. The summed E-state index contributed by atoms with van der Waals surface area (Å²) in [5, 5.41) is 5.26. The van der Waals surface area contributed by atoms with Crippen molar-refractivity contribution in [3.05, 3.63) is 16.4 Å². The topological polar surface area (TPSA) is 17.8 Å². The van der Waals surface area contributed by atoms with Crippen molar-refractivity contribution >= 4 is 23.2 Å². The standard InChI is InChI=1S/C12H20Cl2N2/c1-8(2)7-10(13)5-6-11-9(3)15-16(4)12(11)14/h8,10H,5-7H2,1-4H3. The summed E-state index contributed by atoms with van der Waals surface area (Å²) in [4.78, 5) is 0. The maximum absolute atomic E-state index is 6.27. The first-order valence-electron chi connectivity index (χ1n) is 5.73. The summed E-state index contributed by atoms with van der Waals surface area (Å²) < 4.78 is 1.72. The van der Waals surface area contributed by atoms with Gasteiger partial charge in [-0.1, -0.05) is 25.4 Å². The number of hydrogen-bond donors (Lipinski definition) is 0. The van der Waals surface area contributed by atoms with Gasteiger partial charge < -0.3 is 0 Å². The van der Waals surface area contributed by atoms with Gasteiger partial charge in [-0.25, -0.2) is 0 Å². The second-order valence-electron chi connectivity index (χ2n) is 4.74. The van der Waals surface area contributed by atoms with Crippen molar-refractivity contribution < 1.29 is 0 Å². The van der Waals surface area contributed by atoms with Gasteiger partial charge in [-0.15, -0.1) is 11.6 Å². The fourth-order valence-electron chi connectivity index (χ4n) is 1.89. The van der Waals surface area contributed by atoms with Gasteiger partial charge in [-0.3, -0.25) is 4.68 Å². The van der Waals surface area contributed by atoms with Gasteiger partial charge in [0.2, 0.25) is 0 Å². The zero-order chi connectivity index (χ0) is 12.3. The quantitative estimate of drug-likeness (QED) is 0.735. The van der Waals surface area contributed by atoms with E-state index in [1.54, 1.807) is 4.68 Å². The van der Waals surface area contributed by atoms with Gasteiger partial charge in [0.15, 0.2) is 0 Å². The number of hydrogen-bond acceptors (Lipinski definition) is 1. The highest BCUT2D eigenvalue weighted by Crippen LogP contribution is 2.23. The summed E-state index contributed by atoms with van der Waals surface area (Å²) in [6.45, 7) is 6.38. The van der Waals surface area contributed by atoms with E-state index >= 15 is 0 Å². The lowest BCUT2D eigenvalue weighted by molar-refractivity contribution is 0.544. The molecule has 1 aromatic rings. The minimum Gasteiger partial charge on any atom is -0.257 e. The molecule has 0 saturated heterocycles. The molecule has 0 radical (unpaired) electrons. The third-order valence-electron chi connectivity index (χ3n) is 2.70. The van der Waals surface area contributed by atoms with Gasteiger partial charge in [-0.05, 0) is 32.1 Å². The van der Waals surface area contributed by atoms with Gasteiger partial charge in [-0.2, -0.15) is 5.10 Å². The summed E-state index contributed by atoms with van der Waals surface area (Å²) in [6.07, 6.45) is 2.93. The smallest absolute Gasteiger partial charge is 0.130 e. The molecule has 0 aliphatic carbocycles. The molecule has 0 saturated carbocycles. The molecule has 1 heterocycles. The van der Waals surface area contributed by atoms with E-state index in [1.165, 1.54) is 0 Å². The molecule has 0 N–H and O–H groups in total. The fraction of sp³-hybridized carbons (Fsp3) is 0.750. The van der Waals surface area contributed by atoms with Crippen molar-refractivity contribution in [1.82, 2.24) is 9.78 Å². The van der Waals surface area contributed by atoms with Crippen LogP contribution in [-0.4, -0.2) is 15.2 Å². The van der Waals surface area contributed by atoms with Crippen molar-refractivity contribution in [2.24, 2.45) is 13.0 Å². The maximum Gasteiger partial charge on any atom is 0.130 e. The Bertz CT molecular complexity index is 345. The molecule has 0 amide bonds. The van der Waals surface area contributed by atoms with Crippen molar-refractivity contribution in [3.63, 3.8) is 0 Å². The number of aryl methyl sites for hydroxylation is 2. The van der Waals surface area contributed by atoms with E-state index in [2.05, 4.69) is 18.9 Å². The molecular weight excluding hydrogens is 243 g/mol. The molecule has 1 unspecified atom stereocenters. The zero-order valence-corrected chi connectivity index (χ0v) is 11.9. The summed E-state index contributed by atoms with van der Waals surface area (Å²) in [5.41, 5.74) is 2.15. The van der Waals surface area contributed by atoms with E-state index in [9.17, 15) is 0 Å². The first kappa shape index (κ1) is 13.9. The highest BCUT2D eigenvalue weighted by Gasteiger charge is 2.14. The number of aromatic nitrogens is 2. The van der Waals surface area contributed by atoms with E-state index in [0.29, 0.717) is 5.92 Å². The Balaban J connectivity index is 2.54. The van der Waals surface area contributed by atoms with Crippen LogP contribution in [-0.2, 0) is 13.5 Å². The van der Waals surface area contributed by atoms with E-state index in [1.807, 2.05) is 14.0 Å². The zero-order valence-electron chi connectivity index (χ0n) is 10.4. The predicted octanol–water partition coefficient (Wildman–Crippen LogP) is 3.97. The Labute approximate surface area is 108 Å². The van der Waals surface area contributed by atoms with Crippen LogP contribution in [0.4, 0.5) is 0 Å². The van der Waals surface area contributed by atoms with Gasteiger partial charge >= 0.3 is 0 Å². The average Bonchev–Trinajstić information content (AvgIpc) is 2.38. The fourth-order valence-corrected chi connectivity index (χ4v) is 2.62. The van der Waals surface area contributed by atoms with Crippen LogP contribution in [0.2, 0.25) is 5.15 Å². The summed E-state index contributed by atoms with van der Waals surface area (Å²) in [6, 6.07) is 0. The molecule has 0 fully saturated rings. The molecule has 1 rings (SSSR count). The van der Waals surface area contributed by atoms with Crippen LogP contribution < -0.4 is 0 Å². The molecule has 1 aromatic heterocycles. The molecule has 4 heteroatoms. The Kier molecular flexibility index (Phi) is 5.13. The number of halogens is 2. The van der Waals surface area contributed by atoms with E-state index < -0.39 is 0 Å². The maximum atomic E-state index is 6.27. The number of rotatable bonds is 5. The Morgan fingerprint density at radius 2 is 2.00 bits per heavy atom. The Hall–Kier alpha value is -0.210. The molecule has 0 bridgehead atoms. The molecule has 0 aromatic carbocycles. The van der Waals surface area contributed by atoms with Crippen LogP contribution in [0.3, 0.4) is 0 Å². The average molecular weight is 263 g/mol. The van der Waals surface area contributed by atoms with Crippen molar-refractivity contribution in [1.29, 1.82) is 0 Å². The normalized spacial score (nSPS) is 13.4. The minimum absolute atomic E-state index is 0.232. The largest absolute Gasteiger partial charge is 0.257 e. The second kappa shape index (κ2) is 5.92. The third kappa shape index (κ3) is 3.67. The molecule has 2 nitrogen and oxygen atoms in total. The molecule has 0 aliphatic heterocycles. The van der Waals surface area contributed by atoms with Crippen LogP contribution in [0.5, 0.6) is 0 Å². The van der Waals surface area contributed by atoms with E-state index in [0.717, 1.165) is 35.7 Å². The van der Waals surface area contributed by atoms with Crippen molar-refractivity contribution in [3.8, 4) is 0 Å². The lowest BCUT2D eigenvalue weighted by Gasteiger charge is -2.11. The molecule has 16 heavy (non-hydrogen) atoms. The van der Waals surface area contributed by atoms with E-state index in [4.69, 9.17) is 23.2 Å². The van der Waals surface area contributed by atoms with Gasteiger partial charge in [0, 0.05) is 18.0 Å². The van der Waals surface area contributed by atoms with Crippen molar-refractivity contribution in [2.45, 2.75) is 45.4 Å². The van der Waals surface area contributed by atoms with Gasteiger partial charge in [0.1, 0.15) is 5.15 Å². The molecular formula is C12H20Cl2N2. The predicted molar refractivity (Wildman–Crippen MR) is 70.4 cm³/mol. The van der Waals surface area contributed by atoms with Gasteiger partial charge in [0.25, 0.3) is 0 Å². The Morgan fingerprint density at radius 1 is 1.38 bits per heavy atom. The van der Waals surface area contributed by atoms with Crippen LogP contribution in [0.25, 0.3) is 0 Å². The lowest BCUT2D eigenvalue weighted by atomic mass is 10.0. The third-order valence-corrected chi connectivity index (χ3v) is 3.57. The number of nitrogens with zero attached hydrogens (tertiary/aromatic N) is 2. The van der Waals surface area contributed by atoms with Gasteiger partial charge in [0.05, 0.1) is 5.69 Å². The van der Waals surface area contributed by atoms with Crippen LogP contribution in [0, 0.1) is 12.8 Å². The molecule has 0 aliphatic rings. The number of alkyl halides is 1. The first-order valence-corrected chi connectivity index (χ1v) is 6.55. The monoisotopic (exact) mass is 262 g/mol. The van der Waals surface area contributed by atoms with Crippen LogP contribution in [0.15, 0.2) is 0 Å². The highest BCUT2D eigenvalue weighted by atomic mass is 35.5. The van der Waals surface area contributed by atoms with Crippen LogP contribution in [0.1, 0.15) is 37.9 Å².